The number of hydrogen-bond acceptors (Lipinski definition) is 9. The Hall–Kier alpha value is -0.780. The zero-order valence-corrected chi connectivity index (χ0v) is 25.5. The van der Waals surface area contributed by atoms with Crippen LogP contribution in [0.25, 0.3) is 12.2 Å². The van der Waals surface area contributed by atoms with Gasteiger partial charge in [0.2, 0.25) is 15.9 Å². The van der Waals surface area contributed by atoms with Crippen molar-refractivity contribution in [1.29, 1.82) is 0 Å². The zero-order valence-electron chi connectivity index (χ0n) is 19.0. The Morgan fingerprint density at radius 3 is 1.66 bits per heavy atom. The number of benzene rings is 2. The van der Waals surface area contributed by atoms with Crippen LogP contribution in [-0.2, 0) is 35.1 Å². The smallest absolute Gasteiger partial charge is 0.744 e. The monoisotopic (exact) mass is 560 g/mol. The molecule has 2 N–H and O–H groups in total. The average molecular weight is 561 g/mol. The van der Waals surface area contributed by atoms with Crippen molar-refractivity contribution in [1.82, 2.24) is 0 Å². The number of hydrogen-bond donors (Lipinski definition) is 2. The van der Waals surface area contributed by atoms with Crippen molar-refractivity contribution in [2.75, 3.05) is 10.0 Å². The Bertz CT molecular complexity index is 1470. The molecule has 1 aliphatic carbocycles. The fourth-order valence-corrected chi connectivity index (χ4v) is 5.70. The molecule has 1 fully saturated rings. The van der Waals surface area contributed by atoms with Crippen LogP contribution in [0.2, 0.25) is 0 Å². The van der Waals surface area contributed by atoms with E-state index < -0.39 is 51.2 Å². The predicted octanol–water partition coefficient (Wildman–Crippen LogP) is -4.46. The Morgan fingerprint density at radius 1 is 0.829 bits per heavy atom. The Labute approximate surface area is 247 Å². The Balaban J connectivity index is 0.00000306. The molecular formula is C19H18N2Na2O9S3. The maximum Gasteiger partial charge on any atom is 1.00 e. The molecule has 0 saturated heterocycles. The minimum absolute atomic E-state index is 0. The van der Waals surface area contributed by atoms with Crippen molar-refractivity contribution in [2.45, 2.75) is 34.8 Å². The molecule has 0 unspecified atom stereocenters. The van der Waals surface area contributed by atoms with Gasteiger partial charge in [-0.3, -0.25) is 9.52 Å². The molecule has 1 amide bonds. The van der Waals surface area contributed by atoms with Crippen molar-refractivity contribution in [3.05, 3.63) is 47.5 Å². The van der Waals surface area contributed by atoms with E-state index in [0.29, 0.717) is 12.8 Å². The van der Waals surface area contributed by atoms with Gasteiger partial charge in [-0.05, 0) is 48.2 Å². The van der Waals surface area contributed by atoms with Crippen LogP contribution in [-0.4, -0.2) is 45.5 Å². The number of nitrogens with one attached hydrogen (secondary N) is 2. The van der Waals surface area contributed by atoms with Crippen molar-refractivity contribution in [2.24, 2.45) is 0 Å². The van der Waals surface area contributed by atoms with Crippen molar-refractivity contribution in [3.8, 4) is 0 Å². The molecule has 2 aromatic rings. The quantitative estimate of drug-likeness (QED) is 0.182. The van der Waals surface area contributed by atoms with E-state index in [2.05, 4.69) is 10.0 Å². The molecule has 0 aromatic heterocycles. The van der Waals surface area contributed by atoms with Gasteiger partial charge in [-0.1, -0.05) is 24.3 Å². The number of amides is 1. The van der Waals surface area contributed by atoms with Gasteiger partial charge in [0, 0.05) is 18.3 Å². The van der Waals surface area contributed by atoms with Crippen LogP contribution in [0.1, 0.15) is 30.9 Å². The summed E-state index contributed by atoms with van der Waals surface area (Å²) in [6.07, 6.45) is 3.18. The second-order valence-corrected chi connectivity index (χ2v) is 11.9. The number of sulfonamides is 1. The fraction of sp³-hybridized carbons (Fsp3) is 0.211. The van der Waals surface area contributed by atoms with Gasteiger partial charge < -0.3 is 14.4 Å². The first-order valence-electron chi connectivity index (χ1n) is 9.34. The van der Waals surface area contributed by atoms with Gasteiger partial charge >= 0.3 is 59.1 Å². The summed E-state index contributed by atoms with van der Waals surface area (Å²) in [5.74, 6) is -0.491. The molecular weight excluding hydrogens is 542 g/mol. The maximum absolute atomic E-state index is 12.1. The molecule has 0 radical (unpaired) electrons. The van der Waals surface area contributed by atoms with E-state index in [4.69, 9.17) is 0 Å². The van der Waals surface area contributed by atoms with Gasteiger partial charge in [-0.15, -0.1) is 0 Å². The van der Waals surface area contributed by atoms with Crippen molar-refractivity contribution in [3.63, 3.8) is 0 Å². The number of carbonyl (C=O) groups excluding carboxylic acids is 1. The first kappa shape index (κ1) is 32.2. The minimum atomic E-state index is -5.04. The summed E-state index contributed by atoms with van der Waals surface area (Å²) in [6, 6.07) is 6.78. The van der Waals surface area contributed by atoms with Gasteiger partial charge in [0.1, 0.15) is 20.2 Å². The molecule has 0 aliphatic heterocycles. The van der Waals surface area contributed by atoms with E-state index in [0.717, 1.165) is 24.3 Å². The van der Waals surface area contributed by atoms with Crippen molar-refractivity contribution < 1.29 is 98.3 Å². The molecule has 0 atom stereocenters. The summed E-state index contributed by atoms with van der Waals surface area (Å²) in [6.45, 7) is 1.19. The molecule has 1 aliphatic rings. The number of carbonyl (C=O) groups is 1. The van der Waals surface area contributed by atoms with E-state index in [-0.39, 0.29) is 81.6 Å². The summed E-state index contributed by atoms with van der Waals surface area (Å²) >= 11 is 0. The topological polar surface area (TPSA) is 190 Å². The maximum atomic E-state index is 12.1. The van der Waals surface area contributed by atoms with Gasteiger partial charge in [-0.2, -0.15) is 0 Å². The van der Waals surface area contributed by atoms with Crippen LogP contribution < -0.4 is 69.2 Å². The molecule has 35 heavy (non-hydrogen) atoms. The van der Waals surface area contributed by atoms with Crippen LogP contribution >= 0.6 is 0 Å². The zero-order chi connectivity index (χ0) is 24.6. The van der Waals surface area contributed by atoms with Gasteiger partial charge in [0.15, 0.2) is 0 Å². The van der Waals surface area contributed by atoms with Crippen LogP contribution in [0, 0.1) is 0 Å². The van der Waals surface area contributed by atoms with E-state index in [9.17, 15) is 39.2 Å². The van der Waals surface area contributed by atoms with E-state index in [1.54, 1.807) is 0 Å². The van der Waals surface area contributed by atoms with Gasteiger partial charge in [0.05, 0.1) is 15.0 Å². The third-order valence-corrected chi connectivity index (χ3v) is 8.21. The third kappa shape index (κ3) is 8.93. The van der Waals surface area contributed by atoms with Crippen LogP contribution in [0.15, 0.2) is 46.2 Å². The van der Waals surface area contributed by atoms with Crippen LogP contribution in [0.5, 0.6) is 0 Å². The molecule has 0 heterocycles. The molecule has 178 valence electrons. The summed E-state index contributed by atoms with van der Waals surface area (Å²) < 4.78 is 96.6. The molecule has 16 heteroatoms. The van der Waals surface area contributed by atoms with E-state index in [1.165, 1.54) is 31.2 Å². The summed E-state index contributed by atoms with van der Waals surface area (Å²) in [7, 11) is -13.7. The Morgan fingerprint density at radius 2 is 1.26 bits per heavy atom. The van der Waals surface area contributed by atoms with Crippen LogP contribution in [0.4, 0.5) is 11.4 Å². The Kier molecular flexibility index (Phi) is 11.2. The first-order chi connectivity index (χ1) is 15.2. The molecule has 0 bridgehead atoms. The SMILES string of the molecule is CC(=O)Nc1ccc(C=Cc2ccc(NS(=O)(=O)C3CC3)cc2S(=O)(=O)[O-])c(S(=O)(=O)[O-])c1.[Na+].[Na+]. The average Bonchev–Trinajstić information content (AvgIpc) is 3.51. The summed E-state index contributed by atoms with van der Waals surface area (Å²) in [4.78, 5) is 9.76. The van der Waals surface area contributed by atoms with Crippen molar-refractivity contribution >= 4 is 59.7 Å². The molecule has 11 nitrogen and oxygen atoms in total. The summed E-state index contributed by atoms with van der Waals surface area (Å²) in [5.41, 5.74) is -0.327. The molecule has 3 rings (SSSR count). The van der Waals surface area contributed by atoms with E-state index >= 15 is 0 Å². The number of rotatable bonds is 8. The second-order valence-electron chi connectivity index (χ2n) is 7.27. The van der Waals surface area contributed by atoms with E-state index in [1.807, 2.05) is 0 Å². The predicted molar refractivity (Wildman–Crippen MR) is 118 cm³/mol. The van der Waals surface area contributed by atoms with Gasteiger partial charge in [0.25, 0.3) is 0 Å². The molecule has 0 spiro atoms. The molecule has 2 aromatic carbocycles. The van der Waals surface area contributed by atoms with Gasteiger partial charge in [-0.25, -0.2) is 25.3 Å². The third-order valence-electron chi connectivity index (χ3n) is 4.55. The first-order valence-corrected chi connectivity index (χ1v) is 13.7. The van der Waals surface area contributed by atoms with Crippen LogP contribution in [0.3, 0.4) is 0 Å². The number of anilines is 2. The fourth-order valence-electron chi connectivity index (χ4n) is 2.93. The summed E-state index contributed by atoms with van der Waals surface area (Å²) in [5, 5.41) is 1.77. The normalized spacial score (nSPS) is 14.0. The second kappa shape index (κ2) is 12.2. The minimum Gasteiger partial charge on any atom is -0.744 e. The largest absolute Gasteiger partial charge is 1.00 e. The molecule has 1 saturated carbocycles. The standard InChI is InChI=1S/C19H20N2O9S3.2Na/c1-12(22)20-15-6-4-13(18(10-15)32(25,26)27)2-3-14-5-7-16(11-19(14)33(28,29)30)21-31(23,24)17-8-9-17;;/h2-7,10-11,17,21H,8-9H2,1H3,(H,20,22)(H,25,26,27)(H,28,29,30);;/q;2*+1/p-2.